The lowest BCUT2D eigenvalue weighted by molar-refractivity contribution is 0.421. The molecule has 6 heteroatoms. The number of rotatable bonds is 4. The monoisotopic (exact) mass is 296 g/mol. The van der Waals surface area contributed by atoms with Gasteiger partial charge in [0.2, 0.25) is 0 Å². The van der Waals surface area contributed by atoms with Crippen LogP contribution in [0.1, 0.15) is 37.9 Å². The minimum absolute atomic E-state index is 0.208. The van der Waals surface area contributed by atoms with Crippen LogP contribution < -0.4 is 0 Å². The van der Waals surface area contributed by atoms with Crippen molar-refractivity contribution in [3.8, 4) is 16.5 Å². The van der Waals surface area contributed by atoms with E-state index in [1.807, 2.05) is 17.1 Å². The summed E-state index contributed by atoms with van der Waals surface area (Å²) in [5, 5.41) is 16.2. The maximum absolute atomic E-state index is 9.62. The third-order valence-electron chi connectivity index (χ3n) is 3.31. The van der Waals surface area contributed by atoms with E-state index < -0.39 is 0 Å². The van der Waals surface area contributed by atoms with Crippen molar-refractivity contribution in [3.63, 3.8) is 0 Å². The smallest absolute Gasteiger partial charge is 0.271 e. The van der Waals surface area contributed by atoms with Crippen LogP contribution in [-0.4, -0.2) is 20.5 Å². The second-order valence-electron chi connectivity index (χ2n) is 4.72. The van der Waals surface area contributed by atoms with E-state index in [4.69, 9.17) is 4.52 Å². The number of aromatic nitrogens is 2. The van der Waals surface area contributed by atoms with Crippen LogP contribution in [0.15, 0.2) is 16.0 Å². The SMILES string of the molecule is Oc1ccsc1-c1nc(CSC2CCCCC2)no1. The van der Waals surface area contributed by atoms with E-state index in [1.165, 1.54) is 43.4 Å². The Bertz CT molecular complexity index is 532. The Labute approximate surface area is 120 Å². The summed E-state index contributed by atoms with van der Waals surface area (Å²) >= 11 is 3.33. The molecule has 2 heterocycles. The van der Waals surface area contributed by atoms with Crippen molar-refractivity contribution in [2.45, 2.75) is 43.1 Å². The zero-order valence-electron chi connectivity index (χ0n) is 10.5. The molecule has 0 unspecified atom stereocenters. The minimum atomic E-state index is 0.208. The maximum Gasteiger partial charge on any atom is 0.271 e. The fraction of sp³-hybridized carbons (Fsp3) is 0.538. The van der Waals surface area contributed by atoms with Gasteiger partial charge in [0.25, 0.3) is 5.89 Å². The number of thiophene rings is 1. The third kappa shape index (κ3) is 3.12. The highest BCUT2D eigenvalue weighted by molar-refractivity contribution is 7.99. The molecule has 2 aromatic rings. The summed E-state index contributed by atoms with van der Waals surface area (Å²) in [5.41, 5.74) is 0. The molecule has 0 radical (unpaired) electrons. The molecule has 0 spiro atoms. The van der Waals surface area contributed by atoms with Gasteiger partial charge >= 0.3 is 0 Å². The van der Waals surface area contributed by atoms with Crippen molar-refractivity contribution in [3.05, 3.63) is 17.3 Å². The summed E-state index contributed by atoms with van der Waals surface area (Å²) in [6.45, 7) is 0. The quantitative estimate of drug-likeness (QED) is 0.921. The Morgan fingerprint density at radius 3 is 2.95 bits per heavy atom. The summed E-state index contributed by atoms with van der Waals surface area (Å²) in [6.07, 6.45) is 6.68. The molecule has 0 amide bonds. The van der Waals surface area contributed by atoms with Gasteiger partial charge in [-0.25, -0.2) is 0 Å². The first kappa shape index (κ1) is 13.0. The van der Waals surface area contributed by atoms with Gasteiger partial charge in [0.1, 0.15) is 10.6 Å². The molecule has 1 aliphatic rings. The zero-order valence-corrected chi connectivity index (χ0v) is 12.2. The van der Waals surface area contributed by atoms with Crippen molar-refractivity contribution in [1.82, 2.24) is 10.1 Å². The van der Waals surface area contributed by atoms with Crippen LogP contribution in [-0.2, 0) is 5.75 Å². The molecule has 1 saturated carbocycles. The van der Waals surface area contributed by atoms with Gasteiger partial charge in [-0.05, 0) is 24.3 Å². The topological polar surface area (TPSA) is 59.2 Å². The second kappa shape index (κ2) is 5.96. The van der Waals surface area contributed by atoms with Gasteiger partial charge in [-0.15, -0.1) is 11.3 Å². The average molecular weight is 296 g/mol. The maximum atomic E-state index is 9.62. The standard InChI is InChI=1S/C13H16N2O2S2/c16-10-6-7-18-12(10)13-14-11(15-17-13)8-19-9-4-2-1-3-5-9/h6-7,9,16H,1-5,8H2. The van der Waals surface area contributed by atoms with Crippen molar-refractivity contribution in [1.29, 1.82) is 0 Å². The number of nitrogens with zero attached hydrogens (tertiary/aromatic N) is 2. The predicted molar refractivity (Wildman–Crippen MR) is 77.4 cm³/mol. The molecule has 0 bridgehead atoms. The van der Waals surface area contributed by atoms with E-state index in [-0.39, 0.29) is 5.75 Å². The molecule has 0 saturated heterocycles. The molecule has 0 aromatic carbocycles. The number of thioether (sulfide) groups is 1. The van der Waals surface area contributed by atoms with Crippen molar-refractivity contribution >= 4 is 23.1 Å². The molecule has 1 aliphatic carbocycles. The Hall–Kier alpha value is -1.01. The summed E-state index contributed by atoms with van der Waals surface area (Å²) in [6, 6.07) is 1.64. The van der Waals surface area contributed by atoms with Crippen molar-refractivity contribution in [2.75, 3.05) is 0 Å². The Balaban J connectivity index is 1.60. The molecule has 19 heavy (non-hydrogen) atoms. The average Bonchev–Trinajstić information content (AvgIpc) is 3.06. The Morgan fingerprint density at radius 1 is 1.37 bits per heavy atom. The largest absolute Gasteiger partial charge is 0.506 e. The van der Waals surface area contributed by atoms with E-state index in [9.17, 15) is 5.11 Å². The first-order valence-corrected chi connectivity index (χ1v) is 8.47. The zero-order chi connectivity index (χ0) is 13.1. The molecule has 0 aliphatic heterocycles. The van der Waals surface area contributed by atoms with E-state index in [1.54, 1.807) is 6.07 Å². The second-order valence-corrected chi connectivity index (χ2v) is 6.93. The fourth-order valence-corrected chi connectivity index (χ4v) is 4.17. The molecule has 1 fully saturated rings. The summed E-state index contributed by atoms with van der Waals surface area (Å²) in [5.74, 6) is 2.14. The summed E-state index contributed by atoms with van der Waals surface area (Å²) in [7, 11) is 0. The van der Waals surface area contributed by atoms with E-state index >= 15 is 0 Å². The number of hydrogen-bond donors (Lipinski definition) is 1. The van der Waals surface area contributed by atoms with Gasteiger partial charge in [0.15, 0.2) is 5.82 Å². The Kier molecular flexibility index (Phi) is 4.08. The molecule has 3 rings (SSSR count). The first-order chi connectivity index (χ1) is 9.33. The minimum Gasteiger partial charge on any atom is -0.506 e. The van der Waals surface area contributed by atoms with Gasteiger partial charge in [-0.1, -0.05) is 24.4 Å². The van der Waals surface area contributed by atoms with Gasteiger partial charge in [0.05, 0.1) is 5.75 Å². The molecule has 1 N–H and O–H groups in total. The van der Waals surface area contributed by atoms with E-state index in [2.05, 4.69) is 10.1 Å². The van der Waals surface area contributed by atoms with Crippen LogP contribution in [0.5, 0.6) is 5.75 Å². The highest BCUT2D eigenvalue weighted by atomic mass is 32.2. The molecule has 0 atom stereocenters. The molecule has 2 aromatic heterocycles. The molecular formula is C13H16N2O2S2. The van der Waals surface area contributed by atoms with Crippen LogP contribution in [0.3, 0.4) is 0 Å². The fourth-order valence-electron chi connectivity index (χ4n) is 2.29. The summed E-state index contributed by atoms with van der Waals surface area (Å²) in [4.78, 5) is 5.00. The van der Waals surface area contributed by atoms with Gasteiger partial charge in [-0.2, -0.15) is 16.7 Å². The lowest BCUT2D eigenvalue weighted by Gasteiger charge is -2.19. The van der Waals surface area contributed by atoms with Crippen molar-refractivity contribution < 1.29 is 9.63 Å². The third-order valence-corrected chi connectivity index (χ3v) is 5.57. The number of aromatic hydroxyl groups is 1. The van der Waals surface area contributed by atoms with Crippen LogP contribution >= 0.6 is 23.1 Å². The van der Waals surface area contributed by atoms with Gasteiger partial charge in [0, 0.05) is 5.25 Å². The molecule has 102 valence electrons. The Morgan fingerprint density at radius 2 is 2.21 bits per heavy atom. The van der Waals surface area contributed by atoms with Crippen molar-refractivity contribution in [2.24, 2.45) is 0 Å². The highest BCUT2D eigenvalue weighted by Crippen LogP contribution is 2.34. The normalized spacial score (nSPS) is 16.8. The lowest BCUT2D eigenvalue weighted by atomic mass is 10.0. The number of hydrogen-bond acceptors (Lipinski definition) is 6. The highest BCUT2D eigenvalue weighted by Gasteiger charge is 2.17. The molecular weight excluding hydrogens is 280 g/mol. The van der Waals surface area contributed by atoms with Crippen LogP contribution in [0.4, 0.5) is 0 Å². The van der Waals surface area contributed by atoms with Gasteiger partial charge in [-0.3, -0.25) is 0 Å². The van der Waals surface area contributed by atoms with E-state index in [0.29, 0.717) is 10.8 Å². The van der Waals surface area contributed by atoms with E-state index in [0.717, 1.165) is 16.8 Å². The predicted octanol–water partition coefficient (Wildman–Crippen LogP) is 4.07. The van der Waals surface area contributed by atoms with Crippen LogP contribution in [0, 0.1) is 0 Å². The van der Waals surface area contributed by atoms with Crippen LogP contribution in [0.25, 0.3) is 10.8 Å². The van der Waals surface area contributed by atoms with Gasteiger partial charge < -0.3 is 9.63 Å². The lowest BCUT2D eigenvalue weighted by Crippen LogP contribution is -2.08. The summed E-state index contributed by atoms with van der Waals surface area (Å²) < 4.78 is 5.21. The molecule has 4 nitrogen and oxygen atoms in total. The van der Waals surface area contributed by atoms with Crippen LogP contribution in [0.2, 0.25) is 0 Å². The first-order valence-electron chi connectivity index (χ1n) is 6.54.